The number of nitrogens with zero attached hydrogens (tertiary/aromatic N) is 4. The first-order chi connectivity index (χ1) is 11.7. The van der Waals surface area contributed by atoms with Crippen LogP contribution in [0.2, 0.25) is 0 Å². The minimum atomic E-state index is 0.443. The molecule has 0 saturated carbocycles. The average Bonchev–Trinajstić information content (AvgIpc) is 3.13. The van der Waals surface area contributed by atoms with Crippen LogP contribution in [0, 0.1) is 6.92 Å². The second-order valence-corrected chi connectivity index (χ2v) is 6.02. The molecule has 1 N–H and O–H groups in total. The van der Waals surface area contributed by atoms with Gasteiger partial charge in [-0.05, 0) is 38.3 Å². The van der Waals surface area contributed by atoms with Crippen molar-refractivity contribution in [2.45, 2.75) is 39.8 Å². The molecule has 6 nitrogen and oxygen atoms in total. The molecule has 2 aromatic rings. The van der Waals surface area contributed by atoms with Crippen LogP contribution in [0.5, 0.6) is 0 Å². The Kier molecular flexibility index (Phi) is 5.59. The molecular formula is C18H25N5O. The lowest BCUT2D eigenvalue weighted by Gasteiger charge is -2.16. The maximum atomic E-state index is 5.39. The van der Waals surface area contributed by atoms with Gasteiger partial charge >= 0.3 is 0 Å². The molecule has 0 amide bonds. The Morgan fingerprint density at radius 3 is 2.75 bits per heavy atom. The van der Waals surface area contributed by atoms with Crippen LogP contribution in [-0.4, -0.2) is 34.6 Å². The van der Waals surface area contributed by atoms with Crippen molar-refractivity contribution >= 4 is 11.6 Å². The lowest BCUT2D eigenvalue weighted by molar-refractivity contribution is 0.128. The number of anilines is 2. The maximum absolute atomic E-state index is 5.39. The van der Waals surface area contributed by atoms with Gasteiger partial charge in [-0.2, -0.15) is 0 Å². The molecule has 0 aliphatic carbocycles. The van der Waals surface area contributed by atoms with E-state index in [1.54, 1.807) is 0 Å². The van der Waals surface area contributed by atoms with Gasteiger partial charge in [0.15, 0.2) is 5.82 Å². The van der Waals surface area contributed by atoms with E-state index >= 15 is 0 Å². The first-order valence-electron chi connectivity index (χ1n) is 8.60. The standard InChI is InChI=1S/C18H25N5O/c1-3-24-13-17-21-14(2)10-16(22-17)19-11-15-6-7-18(20-12-15)23-8-4-5-9-23/h6-7,10,12H,3-5,8-9,11,13H2,1-2H3,(H,19,21,22). The van der Waals surface area contributed by atoms with Crippen LogP contribution in [0.4, 0.5) is 11.6 Å². The van der Waals surface area contributed by atoms with Gasteiger partial charge in [-0.25, -0.2) is 15.0 Å². The molecule has 1 saturated heterocycles. The number of aromatic nitrogens is 3. The maximum Gasteiger partial charge on any atom is 0.156 e. The first kappa shape index (κ1) is 16.6. The third-order valence-corrected chi connectivity index (χ3v) is 4.05. The van der Waals surface area contributed by atoms with Crippen LogP contribution in [0.15, 0.2) is 24.4 Å². The summed E-state index contributed by atoms with van der Waals surface area (Å²) < 4.78 is 5.39. The fraction of sp³-hybridized carbons (Fsp3) is 0.500. The van der Waals surface area contributed by atoms with E-state index in [2.05, 4.69) is 37.3 Å². The highest BCUT2D eigenvalue weighted by atomic mass is 16.5. The SMILES string of the molecule is CCOCc1nc(C)cc(NCc2ccc(N3CCCC3)nc2)n1. The molecular weight excluding hydrogens is 302 g/mol. The van der Waals surface area contributed by atoms with E-state index < -0.39 is 0 Å². The lowest BCUT2D eigenvalue weighted by Crippen LogP contribution is -2.18. The molecule has 6 heteroatoms. The van der Waals surface area contributed by atoms with Crippen molar-refractivity contribution in [3.05, 3.63) is 41.5 Å². The molecule has 0 atom stereocenters. The molecule has 3 heterocycles. The summed E-state index contributed by atoms with van der Waals surface area (Å²) in [6.07, 6.45) is 4.47. The van der Waals surface area contributed by atoms with E-state index in [4.69, 9.17) is 4.74 Å². The van der Waals surface area contributed by atoms with Gasteiger partial charge in [0.1, 0.15) is 18.2 Å². The van der Waals surface area contributed by atoms with E-state index in [0.29, 0.717) is 25.6 Å². The summed E-state index contributed by atoms with van der Waals surface area (Å²) in [6, 6.07) is 6.18. The van der Waals surface area contributed by atoms with Gasteiger partial charge in [-0.15, -0.1) is 0 Å². The molecule has 1 aliphatic heterocycles. The Balaban J connectivity index is 1.59. The van der Waals surface area contributed by atoms with Crippen LogP contribution in [0.3, 0.4) is 0 Å². The van der Waals surface area contributed by atoms with Crippen LogP contribution in [-0.2, 0) is 17.9 Å². The molecule has 0 bridgehead atoms. The zero-order valence-electron chi connectivity index (χ0n) is 14.5. The van der Waals surface area contributed by atoms with Crippen LogP contribution in [0.1, 0.15) is 36.8 Å². The van der Waals surface area contributed by atoms with Crippen molar-refractivity contribution in [3.8, 4) is 0 Å². The Labute approximate surface area is 143 Å². The number of ether oxygens (including phenoxy) is 1. The summed E-state index contributed by atoms with van der Waals surface area (Å²) in [5.74, 6) is 2.61. The number of pyridine rings is 1. The second-order valence-electron chi connectivity index (χ2n) is 6.02. The normalized spacial score (nSPS) is 14.2. The van der Waals surface area contributed by atoms with E-state index in [-0.39, 0.29) is 0 Å². The highest BCUT2D eigenvalue weighted by molar-refractivity contribution is 5.41. The predicted molar refractivity (Wildman–Crippen MR) is 95.1 cm³/mol. The Morgan fingerprint density at radius 2 is 2.04 bits per heavy atom. The van der Waals surface area contributed by atoms with Crippen LogP contribution < -0.4 is 10.2 Å². The summed E-state index contributed by atoms with van der Waals surface area (Å²) in [6.45, 7) is 7.97. The molecule has 1 fully saturated rings. The highest BCUT2D eigenvalue weighted by Gasteiger charge is 2.12. The summed E-state index contributed by atoms with van der Waals surface area (Å²) in [4.78, 5) is 15.8. The van der Waals surface area contributed by atoms with Gasteiger partial charge in [-0.3, -0.25) is 0 Å². The predicted octanol–water partition coefficient (Wildman–Crippen LogP) is 2.93. The van der Waals surface area contributed by atoms with Gasteiger partial charge in [-0.1, -0.05) is 6.07 Å². The third-order valence-electron chi connectivity index (χ3n) is 4.05. The van der Waals surface area contributed by atoms with Gasteiger partial charge < -0.3 is 15.0 Å². The molecule has 24 heavy (non-hydrogen) atoms. The number of nitrogens with one attached hydrogen (secondary N) is 1. The van der Waals surface area contributed by atoms with Gasteiger partial charge in [0.2, 0.25) is 0 Å². The van der Waals surface area contributed by atoms with Crippen molar-refractivity contribution in [2.24, 2.45) is 0 Å². The third kappa shape index (κ3) is 4.41. The van der Waals surface area contributed by atoms with E-state index in [1.165, 1.54) is 12.8 Å². The largest absolute Gasteiger partial charge is 0.374 e. The molecule has 128 valence electrons. The summed E-state index contributed by atoms with van der Waals surface area (Å²) in [7, 11) is 0. The molecule has 0 unspecified atom stereocenters. The van der Waals surface area contributed by atoms with E-state index in [9.17, 15) is 0 Å². The summed E-state index contributed by atoms with van der Waals surface area (Å²) >= 11 is 0. The van der Waals surface area contributed by atoms with Crippen LogP contribution in [0.25, 0.3) is 0 Å². The van der Waals surface area contributed by atoms with Gasteiger partial charge in [0.05, 0.1) is 0 Å². The zero-order valence-corrected chi connectivity index (χ0v) is 14.5. The quantitative estimate of drug-likeness (QED) is 0.843. The van der Waals surface area contributed by atoms with Crippen molar-refractivity contribution in [3.63, 3.8) is 0 Å². The first-order valence-corrected chi connectivity index (χ1v) is 8.60. The van der Waals surface area contributed by atoms with Gasteiger partial charge in [0.25, 0.3) is 0 Å². The number of hydrogen-bond acceptors (Lipinski definition) is 6. The Bertz CT molecular complexity index is 653. The molecule has 0 radical (unpaired) electrons. The van der Waals surface area contributed by atoms with Crippen molar-refractivity contribution in [1.29, 1.82) is 0 Å². The topological polar surface area (TPSA) is 63.2 Å². The zero-order chi connectivity index (χ0) is 16.8. The second kappa shape index (κ2) is 8.06. The molecule has 0 spiro atoms. The van der Waals surface area contributed by atoms with E-state index in [0.717, 1.165) is 36.0 Å². The fourth-order valence-corrected chi connectivity index (χ4v) is 2.83. The lowest BCUT2D eigenvalue weighted by atomic mass is 10.2. The average molecular weight is 327 g/mol. The minimum absolute atomic E-state index is 0.443. The molecule has 3 rings (SSSR count). The molecule has 2 aromatic heterocycles. The van der Waals surface area contributed by atoms with Crippen molar-refractivity contribution < 1.29 is 4.74 Å². The Hall–Kier alpha value is -2.21. The number of hydrogen-bond donors (Lipinski definition) is 1. The van der Waals surface area contributed by atoms with Gasteiger partial charge in [0, 0.05) is 44.2 Å². The smallest absolute Gasteiger partial charge is 0.156 e. The Morgan fingerprint density at radius 1 is 1.21 bits per heavy atom. The fourth-order valence-electron chi connectivity index (χ4n) is 2.83. The summed E-state index contributed by atoms with van der Waals surface area (Å²) in [5.41, 5.74) is 2.07. The monoisotopic (exact) mass is 327 g/mol. The number of rotatable bonds is 7. The minimum Gasteiger partial charge on any atom is -0.374 e. The highest BCUT2D eigenvalue weighted by Crippen LogP contribution is 2.18. The number of aryl methyl sites for hydroxylation is 1. The van der Waals surface area contributed by atoms with Crippen LogP contribution >= 0.6 is 0 Å². The van der Waals surface area contributed by atoms with E-state index in [1.807, 2.05) is 26.1 Å². The molecule has 1 aliphatic rings. The summed E-state index contributed by atoms with van der Waals surface area (Å²) in [5, 5.41) is 3.35. The van der Waals surface area contributed by atoms with Crippen molar-refractivity contribution in [1.82, 2.24) is 15.0 Å². The molecule has 0 aromatic carbocycles. The van der Waals surface area contributed by atoms with Crippen molar-refractivity contribution in [2.75, 3.05) is 29.9 Å².